The summed E-state index contributed by atoms with van der Waals surface area (Å²) in [5.41, 5.74) is 7.56. The summed E-state index contributed by atoms with van der Waals surface area (Å²) in [7, 11) is 0. The molecule has 1 saturated heterocycles. The molecule has 6 rings (SSSR count). The molecule has 0 saturated carbocycles. The van der Waals surface area contributed by atoms with Gasteiger partial charge >= 0.3 is 0 Å². The lowest BCUT2D eigenvalue weighted by atomic mass is 9.88. The van der Waals surface area contributed by atoms with Gasteiger partial charge in [0.15, 0.2) is 5.65 Å². The standard InChI is InChI=1S/C26H25N5/c27-18-22-20-10-4-5-11-21(20)26(31-24-13-7-6-12-23(24)28-25(22)31)30-16-14-29(15-17-30)19-8-2-1-3-9-19/h1-3,6-9,12-13H,4-5,10-11,14-17H2. The first-order valence-corrected chi connectivity index (χ1v) is 11.2. The zero-order valence-corrected chi connectivity index (χ0v) is 17.6. The first-order chi connectivity index (χ1) is 15.3. The molecule has 1 aliphatic carbocycles. The predicted molar refractivity (Wildman–Crippen MR) is 125 cm³/mol. The van der Waals surface area contributed by atoms with Crippen molar-refractivity contribution >= 4 is 28.2 Å². The molecule has 0 spiro atoms. The number of rotatable bonds is 2. The van der Waals surface area contributed by atoms with Crippen molar-refractivity contribution in [3.63, 3.8) is 0 Å². The van der Waals surface area contributed by atoms with Gasteiger partial charge in [0.2, 0.25) is 0 Å². The van der Waals surface area contributed by atoms with E-state index in [0.717, 1.165) is 67.7 Å². The van der Waals surface area contributed by atoms with Crippen LogP contribution in [0.3, 0.4) is 0 Å². The smallest absolute Gasteiger partial charge is 0.157 e. The number of para-hydroxylation sites is 3. The van der Waals surface area contributed by atoms with Crippen molar-refractivity contribution < 1.29 is 0 Å². The van der Waals surface area contributed by atoms with Crippen LogP contribution in [0, 0.1) is 11.3 Å². The lowest BCUT2D eigenvalue weighted by Crippen LogP contribution is -2.47. The molecule has 2 aromatic heterocycles. The molecule has 4 aromatic rings. The van der Waals surface area contributed by atoms with E-state index in [1.807, 2.05) is 6.07 Å². The molecule has 0 N–H and O–H groups in total. The molecule has 1 aliphatic heterocycles. The molecule has 154 valence electrons. The molecular formula is C26H25N5. The number of imidazole rings is 1. The maximum Gasteiger partial charge on any atom is 0.157 e. The fourth-order valence-corrected chi connectivity index (χ4v) is 5.37. The Balaban J connectivity index is 1.51. The lowest BCUT2D eigenvalue weighted by molar-refractivity contribution is 0.629. The van der Waals surface area contributed by atoms with E-state index >= 15 is 0 Å². The number of nitriles is 1. The Labute approximate surface area is 182 Å². The molecule has 0 amide bonds. The first kappa shape index (κ1) is 18.3. The van der Waals surface area contributed by atoms with Gasteiger partial charge in [-0.15, -0.1) is 0 Å². The second kappa shape index (κ2) is 7.31. The molecule has 5 nitrogen and oxygen atoms in total. The minimum atomic E-state index is 0.776. The van der Waals surface area contributed by atoms with E-state index in [-0.39, 0.29) is 0 Å². The van der Waals surface area contributed by atoms with E-state index in [9.17, 15) is 5.26 Å². The first-order valence-electron chi connectivity index (χ1n) is 11.2. The molecule has 1 fully saturated rings. The molecule has 31 heavy (non-hydrogen) atoms. The molecule has 2 aliphatic rings. The van der Waals surface area contributed by atoms with Crippen molar-refractivity contribution in [1.29, 1.82) is 5.26 Å². The number of anilines is 2. The molecule has 2 aromatic carbocycles. The van der Waals surface area contributed by atoms with Crippen LogP contribution in [-0.4, -0.2) is 35.6 Å². The van der Waals surface area contributed by atoms with Gasteiger partial charge in [-0.2, -0.15) is 5.26 Å². The highest BCUT2D eigenvalue weighted by atomic mass is 15.3. The normalized spacial score (nSPS) is 16.5. The minimum Gasteiger partial charge on any atom is -0.368 e. The van der Waals surface area contributed by atoms with E-state index in [1.165, 1.54) is 29.1 Å². The van der Waals surface area contributed by atoms with Crippen molar-refractivity contribution in [2.45, 2.75) is 25.7 Å². The zero-order valence-electron chi connectivity index (χ0n) is 17.6. The summed E-state index contributed by atoms with van der Waals surface area (Å²) in [6.07, 6.45) is 4.36. The summed E-state index contributed by atoms with van der Waals surface area (Å²) in [5.74, 6) is 1.27. The van der Waals surface area contributed by atoms with Crippen LogP contribution in [0.1, 0.15) is 29.5 Å². The van der Waals surface area contributed by atoms with Crippen LogP contribution in [0.4, 0.5) is 11.5 Å². The van der Waals surface area contributed by atoms with E-state index in [1.54, 1.807) is 0 Å². The van der Waals surface area contributed by atoms with Gasteiger partial charge in [-0.1, -0.05) is 30.3 Å². The Morgan fingerprint density at radius 3 is 2.23 bits per heavy atom. The lowest BCUT2D eigenvalue weighted by Gasteiger charge is -2.39. The molecular weight excluding hydrogens is 382 g/mol. The maximum atomic E-state index is 10.1. The van der Waals surface area contributed by atoms with Crippen LogP contribution < -0.4 is 9.80 Å². The number of hydrogen-bond acceptors (Lipinski definition) is 4. The minimum absolute atomic E-state index is 0.776. The van der Waals surface area contributed by atoms with Crippen molar-refractivity contribution in [3.8, 4) is 6.07 Å². The number of fused-ring (bicyclic) bond motifs is 4. The number of benzene rings is 2. The van der Waals surface area contributed by atoms with Gasteiger partial charge in [-0.25, -0.2) is 4.98 Å². The van der Waals surface area contributed by atoms with Crippen LogP contribution in [0.2, 0.25) is 0 Å². The van der Waals surface area contributed by atoms with Crippen LogP contribution in [0.15, 0.2) is 54.6 Å². The Kier molecular flexibility index (Phi) is 4.31. The fourth-order valence-electron chi connectivity index (χ4n) is 5.37. The summed E-state index contributed by atoms with van der Waals surface area (Å²) >= 11 is 0. The van der Waals surface area contributed by atoms with E-state index in [0.29, 0.717) is 0 Å². The highest BCUT2D eigenvalue weighted by molar-refractivity contribution is 5.86. The van der Waals surface area contributed by atoms with Crippen molar-refractivity contribution in [2.75, 3.05) is 36.0 Å². The van der Waals surface area contributed by atoms with Gasteiger partial charge in [0, 0.05) is 31.9 Å². The summed E-state index contributed by atoms with van der Waals surface area (Å²) in [6, 6.07) is 21.5. The third-order valence-electron chi connectivity index (χ3n) is 6.85. The number of piperazine rings is 1. The Hall–Kier alpha value is -3.52. The third-order valence-corrected chi connectivity index (χ3v) is 6.85. The number of nitrogens with zero attached hydrogens (tertiary/aromatic N) is 5. The van der Waals surface area contributed by atoms with Gasteiger partial charge in [0.25, 0.3) is 0 Å². The van der Waals surface area contributed by atoms with Crippen molar-refractivity contribution in [2.24, 2.45) is 0 Å². The van der Waals surface area contributed by atoms with Crippen molar-refractivity contribution in [1.82, 2.24) is 9.38 Å². The molecule has 0 atom stereocenters. The highest BCUT2D eigenvalue weighted by Crippen LogP contribution is 2.37. The second-order valence-electron chi connectivity index (χ2n) is 8.54. The third kappa shape index (κ3) is 2.86. The van der Waals surface area contributed by atoms with Gasteiger partial charge in [-0.05, 0) is 61.1 Å². The highest BCUT2D eigenvalue weighted by Gasteiger charge is 2.29. The average Bonchev–Trinajstić information content (AvgIpc) is 3.22. The van der Waals surface area contributed by atoms with Crippen LogP contribution in [0.5, 0.6) is 0 Å². The average molecular weight is 408 g/mol. The maximum absolute atomic E-state index is 10.1. The van der Waals surface area contributed by atoms with Gasteiger partial charge < -0.3 is 9.80 Å². The SMILES string of the molecule is N#Cc1c2c(c(N3CCN(c4ccccc4)CC3)n3c1nc1ccccc13)CCCC2. The number of hydrogen-bond donors (Lipinski definition) is 0. The summed E-state index contributed by atoms with van der Waals surface area (Å²) in [6.45, 7) is 3.92. The van der Waals surface area contributed by atoms with E-state index < -0.39 is 0 Å². The Morgan fingerprint density at radius 1 is 0.774 bits per heavy atom. The fraction of sp³-hybridized carbons (Fsp3) is 0.308. The van der Waals surface area contributed by atoms with Crippen LogP contribution in [-0.2, 0) is 12.8 Å². The molecule has 0 unspecified atom stereocenters. The topological polar surface area (TPSA) is 47.6 Å². The van der Waals surface area contributed by atoms with Gasteiger partial charge in [0.1, 0.15) is 11.9 Å². The summed E-state index contributed by atoms with van der Waals surface area (Å²) in [4.78, 5) is 9.92. The quantitative estimate of drug-likeness (QED) is 0.489. The van der Waals surface area contributed by atoms with E-state index in [4.69, 9.17) is 4.98 Å². The molecule has 0 bridgehead atoms. The zero-order chi connectivity index (χ0) is 20.8. The largest absolute Gasteiger partial charge is 0.368 e. The summed E-state index contributed by atoms with van der Waals surface area (Å²) < 4.78 is 2.27. The van der Waals surface area contributed by atoms with Gasteiger partial charge in [0.05, 0.1) is 16.6 Å². The Morgan fingerprint density at radius 2 is 1.45 bits per heavy atom. The van der Waals surface area contributed by atoms with Crippen LogP contribution in [0.25, 0.3) is 16.7 Å². The monoisotopic (exact) mass is 407 g/mol. The van der Waals surface area contributed by atoms with Gasteiger partial charge in [-0.3, -0.25) is 4.40 Å². The van der Waals surface area contributed by atoms with E-state index in [2.05, 4.69) is 68.8 Å². The molecule has 0 radical (unpaired) electrons. The predicted octanol–water partition coefficient (Wildman–Crippen LogP) is 4.56. The molecule has 3 heterocycles. The summed E-state index contributed by atoms with van der Waals surface area (Å²) in [5, 5.41) is 10.1. The van der Waals surface area contributed by atoms with Crippen LogP contribution >= 0.6 is 0 Å². The Bertz CT molecular complexity index is 1310. The number of aromatic nitrogens is 2. The second-order valence-corrected chi connectivity index (χ2v) is 8.54. The number of pyridine rings is 1. The molecule has 5 heteroatoms. The van der Waals surface area contributed by atoms with Crippen molar-refractivity contribution in [3.05, 3.63) is 71.3 Å².